The molecule has 0 saturated carbocycles. The van der Waals surface area contributed by atoms with Gasteiger partial charge in [0.25, 0.3) is 0 Å². The molecule has 0 bridgehead atoms. The third-order valence-corrected chi connectivity index (χ3v) is 4.05. The quantitative estimate of drug-likeness (QED) is 0.592. The van der Waals surface area contributed by atoms with Crippen molar-refractivity contribution >= 4 is 0 Å². The van der Waals surface area contributed by atoms with Gasteiger partial charge in [-0.2, -0.15) is 0 Å². The van der Waals surface area contributed by atoms with Crippen LogP contribution in [-0.4, -0.2) is 0 Å². The van der Waals surface area contributed by atoms with Gasteiger partial charge in [0.2, 0.25) is 0 Å². The average Bonchev–Trinajstić information content (AvgIpc) is 2.38. The second kappa shape index (κ2) is 6.69. The van der Waals surface area contributed by atoms with Gasteiger partial charge in [-0.05, 0) is 39.5 Å². The topological polar surface area (TPSA) is 0 Å². The molecule has 0 atom stereocenters. The van der Waals surface area contributed by atoms with Gasteiger partial charge < -0.3 is 0 Å². The molecule has 2 aromatic rings. The summed E-state index contributed by atoms with van der Waals surface area (Å²) in [5.74, 6) is 0. The molecule has 120 valence electrons. The molecule has 22 heavy (non-hydrogen) atoms. The Hall–Kier alpha value is -1.56. The van der Waals surface area contributed by atoms with E-state index >= 15 is 0 Å². The summed E-state index contributed by atoms with van der Waals surface area (Å²) in [6, 6.07) is 18.1. The highest BCUT2D eigenvalue weighted by Crippen LogP contribution is 2.24. The maximum Gasteiger partial charge on any atom is -0.00258 e. The maximum absolute atomic E-state index is 2.26. The SMILES string of the molecule is C.CC(C)(C)c1ccc(Cc2ccc(C(C)(C)C)cc2)cc1. The lowest BCUT2D eigenvalue weighted by Gasteiger charge is -2.20. The molecular formula is C22H32. The Labute approximate surface area is 137 Å². The smallest absolute Gasteiger partial charge is 0.00258 e. The van der Waals surface area contributed by atoms with Crippen LogP contribution in [0.3, 0.4) is 0 Å². The summed E-state index contributed by atoms with van der Waals surface area (Å²) in [5, 5.41) is 0. The number of benzene rings is 2. The van der Waals surface area contributed by atoms with Crippen LogP contribution in [0.1, 0.15) is 71.2 Å². The Morgan fingerprint density at radius 3 is 1.05 bits per heavy atom. The molecular weight excluding hydrogens is 264 g/mol. The average molecular weight is 296 g/mol. The molecule has 0 heteroatoms. The highest BCUT2D eigenvalue weighted by Gasteiger charge is 2.14. The minimum Gasteiger partial charge on any atom is -0.0776 e. The van der Waals surface area contributed by atoms with Gasteiger partial charge in [0.15, 0.2) is 0 Å². The summed E-state index contributed by atoms with van der Waals surface area (Å²) in [5.41, 5.74) is 6.02. The fourth-order valence-corrected chi connectivity index (χ4v) is 2.48. The van der Waals surface area contributed by atoms with E-state index in [0.717, 1.165) is 6.42 Å². The van der Waals surface area contributed by atoms with Gasteiger partial charge >= 0.3 is 0 Å². The predicted molar refractivity (Wildman–Crippen MR) is 99.8 cm³/mol. The Morgan fingerprint density at radius 2 is 0.818 bits per heavy atom. The van der Waals surface area contributed by atoms with Crippen molar-refractivity contribution in [3.8, 4) is 0 Å². The fourth-order valence-electron chi connectivity index (χ4n) is 2.48. The Kier molecular flexibility index (Phi) is 5.62. The Morgan fingerprint density at radius 1 is 0.545 bits per heavy atom. The second-order valence-corrected chi connectivity index (χ2v) is 8.07. The van der Waals surface area contributed by atoms with Crippen LogP contribution in [0.25, 0.3) is 0 Å². The first kappa shape index (κ1) is 18.5. The van der Waals surface area contributed by atoms with E-state index < -0.39 is 0 Å². The highest BCUT2D eigenvalue weighted by atomic mass is 14.2. The summed E-state index contributed by atoms with van der Waals surface area (Å²) < 4.78 is 0. The molecule has 0 aliphatic carbocycles. The number of hydrogen-bond acceptors (Lipinski definition) is 0. The summed E-state index contributed by atoms with van der Waals surface area (Å²) in [7, 11) is 0. The molecule has 0 radical (unpaired) electrons. The van der Waals surface area contributed by atoms with E-state index in [0.29, 0.717) is 0 Å². The largest absolute Gasteiger partial charge is 0.0776 e. The van der Waals surface area contributed by atoms with Crippen molar-refractivity contribution in [3.05, 3.63) is 70.8 Å². The first-order valence-electron chi connectivity index (χ1n) is 7.85. The van der Waals surface area contributed by atoms with Crippen LogP contribution in [0, 0.1) is 0 Å². The van der Waals surface area contributed by atoms with Gasteiger partial charge in [-0.25, -0.2) is 0 Å². The molecule has 0 amide bonds. The van der Waals surface area contributed by atoms with E-state index in [4.69, 9.17) is 0 Å². The van der Waals surface area contributed by atoms with Gasteiger partial charge in [-0.3, -0.25) is 0 Å². The first-order chi connectivity index (χ1) is 9.66. The molecule has 0 unspecified atom stereocenters. The van der Waals surface area contributed by atoms with E-state index in [1.165, 1.54) is 22.3 Å². The maximum atomic E-state index is 2.26. The highest BCUT2D eigenvalue weighted by molar-refractivity contribution is 5.33. The van der Waals surface area contributed by atoms with Crippen molar-refractivity contribution in [3.63, 3.8) is 0 Å². The summed E-state index contributed by atoms with van der Waals surface area (Å²) in [4.78, 5) is 0. The van der Waals surface area contributed by atoms with E-state index in [1.807, 2.05) is 0 Å². The van der Waals surface area contributed by atoms with Crippen LogP contribution in [0.5, 0.6) is 0 Å². The van der Waals surface area contributed by atoms with Crippen molar-refractivity contribution in [1.29, 1.82) is 0 Å². The molecule has 0 saturated heterocycles. The van der Waals surface area contributed by atoms with Crippen molar-refractivity contribution in [2.75, 3.05) is 0 Å². The fraction of sp³-hybridized carbons (Fsp3) is 0.455. The van der Waals surface area contributed by atoms with E-state index in [2.05, 4.69) is 90.1 Å². The summed E-state index contributed by atoms with van der Waals surface area (Å²) in [6.45, 7) is 13.5. The lowest BCUT2D eigenvalue weighted by molar-refractivity contribution is 0.590. The van der Waals surface area contributed by atoms with Crippen LogP contribution in [0.4, 0.5) is 0 Å². The summed E-state index contributed by atoms with van der Waals surface area (Å²) in [6.07, 6.45) is 1.01. The van der Waals surface area contributed by atoms with Crippen LogP contribution in [0.2, 0.25) is 0 Å². The van der Waals surface area contributed by atoms with Crippen LogP contribution in [-0.2, 0) is 17.3 Å². The monoisotopic (exact) mass is 296 g/mol. The molecule has 0 N–H and O–H groups in total. The molecule has 0 fully saturated rings. The minimum atomic E-state index is 0. The lowest BCUT2D eigenvalue weighted by atomic mass is 9.85. The molecule has 0 heterocycles. The number of hydrogen-bond donors (Lipinski definition) is 0. The van der Waals surface area contributed by atoms with Gasteiger partial charge in [-0.15, -0.1) is 0 Å². The van der Waals surface area contributed by atoms with Gasteiger partial charge in [0.05, 0.1) is 0 Å². The van der Waals surface area contributed by atoms with Crippen LogP contribution < -0.4 is 0 Å². The second-order valence-electron chi connectivity index (χ2n) is 8.07. The molecule has 0 spiro atoms. The zero-order valence-electron chi connectivity index (χ0n) is 14.3. The van der Waals surface area contributed by atoms with Crippen LogP contribution in [0.15, 0.2) is 48.5 Å². The van der Waals surface area contributed by atoms with Crippen molar-refractivity contribution < 1.29 is 0 Å². The third kappa shape index (κ3) is 4.73. The minimum absolute atomic E-state index is 0. The molecule has 0 aromatic heterocycles. The molecule has 2 rings (SSSR count). The Balaban J connectivity index is 0.00000242. The molecule has 0 aliphatic heterocycles. The lowest BCUT2D eigenvalue weighted by Crippen LogP contribution is -2.11. The third-order valence-electron chi connectivity index (χ3n) is 4.05. The predicted octanol–water partition coefficient (Wildman–Crippen LogP) is 6.51. The molecule has 0 nitrogen and oxygen atoms in total. The zero-order valence-corrected chi connectivity index (χ0v) is 14.3. The Bertz CT molecular complexity index is 516. The van der Waals surface area contributed by atoms with Gasteiger partial charge in [-0.1, -0.05) is 97.5 Å². The van der Waals surface area contributed by atoms with Crippen molar-refractivity contribution in [2.45, 2.75) is 66.2 Å². The summed E-state index contributed by atoms with van der Waals surface area (Å²) >= 11 is 0. The number of rotatable bonds is 2. The van der Waals surface area contributed by atoms with Crippen LogP contribution >= 0.6 is 0 Å². The molecule has 2 aromatic carbocycles. The van der Waals surface area contributed by atoms with Gasteiger partial charge in [0.1, 0.15) is 0 Å². The zero-order chi connectivity index (χ0) is 15.7. The standard InChI is InChI=1S/C21H28.CH4/c1-20(2,3)18-11-7-16(8-12-18)15-17-9-13-19(14-10-17)21(4,5)6;/h7-14H,15H2,1-6H3;1H4. The van der Waals surface area contributed by atoms with E-state index in [-0.39, 0.29) is 18.3 Å². The normalized spacial score (nSPS) is 11.9. The van der Waals surface area contributed by atoms with Gasteiger partial charge in [0, 0.05) is 0 Å². The first-order valence-corrected chi connectivity index (χ1v) is 7.85. The van der Waals surface area contributed by atoms with Crippen molar-refractivity contribution in [1.82, 2.24) is 0 Å². The molecule has 0 aliphatic rings. The van der Waals surface area contributed by atoms with E-state index in [9.17, 15) is 0 Å². The van der Waals surface area contributed by atoms with Crippen molar-refractivity contribution in [2.24, 2.45) is 0 Å². The van der Waals surface area contributed by atoms with E-state index in [1.54, 1.807) is 0 Å².